The molecule has 20 heavy (non-hydrogen) atoms. The SMILES string of the molecule is Cc1ccc(/C(N)=N/O)c(N2CCC3CCCCC32)n1. The monoisotopic (exact) mass is 274 g/mol. The number of nitrogens with zero attached hydrogens (tertiary/aromatic N) is 3. The van der Waals surface area contributed by atoms with E-state index in [9.17, 15) is 0 Å². The van der Waals surface area contributed by atoms with Gasteiger partial charge in [-0.05, 0) is 44.2 Å². The molecule has 0 amide bonds. The number of hydrogen-bond acceptors (Lipinski definition) is 4. The van der Waals surface area contributed by atoms with Crippen molar-refractivity contribution < 1.29 is 5.21 Å². The summed E-state index contributed by atoms with van der Waals surface area (Å²) in [5, 5.41) is 12.1. The zero-order valence-electron chi connectivity index (χ0n) is 11.9. The highest BCUT2D eigenvalue weighted by Gasteiger charge is 2.37. The van der Waals surface area contributed by atoms with Crippen molar-refractivity contribution in [2.45, 2.75) is 45.1 Å². The van der Waals surface area contributed by atoms with Gasteiger partial charge in [-0.2, -0.15) is 0 Å². The third-order valence-corrected chi connectivity index (χ3v) is 4.68. The number of oxime groups is 1. The minimum absolute atomic E-state index is 0.145. The van der Waals surface area contributed by atoms with Gasteiger partial charge in [-0.3, -0.25) is 0 Å². The standard InChI is InChI=1S/C15H22N4O/c1-10-6-7-12(14(16)18-20)15(17-10)19-9-8-11-4-2-3-5-13(11)19/h6-7,11,13,20H,2-5,8-9H2,1H3,(H2,16,18). The van der Waals surface area contributed by atoms with E-state index < -0.39 is 0 Å². The van der Waals surface area contributed by atoms with Gasteiger partial charge in [0.1, 0.15) is 5.82 Å². The van der Waals surface area contributed by atoms with Crippen LogP contribution in [0.15, 0.2) is 17.3 Å². The number of hydrogen-bond donors (Lipinski definition) is 2. The number of rotatable bonds is 2. The minimum Gasteiger partial charge on any atom is -0.409 e. The van der Waals surface area contributed by atoms with E-state index in [2.05, 4.69) is 15.0 Å². The smallest absolute Gasteiger partial charge is 0.173 e. The van der Waals surface area contributed by atoms with Gasteiger partial charge in [0.2, 0.25) is 0 Å². The Balaban J connectivity index is 1.98. The van der Waals surface area contributed by atoms with Gasteiger partial charge in [-0.25, -0.2) is 4.98 Å². The Morgan fingerprint density at radius 1 is 1.35 bits per heavy atom. The van der Waals surface area contributed by atoms with Gasteiger partial charge in [0.25, 0.3) is 0 Å². The van der Waals surface area contributed by atoms with Crippen LogP contribution in [0.2, 0.25) is 0 Å². The molecule has 1 aliphatic heterocycles. The summed E-state index contributed by atoms with van der Waals surface area (Å²) in [5.41, 5.74) is 7.52. The molecule has 5 nitrogen and oxygen atoms in total. The zero-order chi connectivity index (χ0) is 14.1. The summed E-state index contributed by atoms with van der Waals surface area (Å²) in [6.45, 7) is 3.01. The van der Waals surface area contributed by atoms with Crippen LogP contribution in [0.3, 0.4) is 0 Å². The van der Waals surface area contributed by atoms with Gasteiger partial charge < -0.3 is 15.8 Å². The maximum atomic E-state index is 8.97. The average molecular weight is 274 g/mol. The largest absolute Gasteiger partial charge is 0.409 e. The molecule has 108 valence electrons. The number of aromatic nitrogens is 1. The highest BCUT2D eigenvalue weighted by Crippen LogP contribution is 2.39. The van der Waals surface area contributed by atoms with Crippen molar-refractivity contribution in [3.63, 3.8) is 0 Å². The summed E-state index contributed by atoms with van der Waals surface area (Å²) >= 11 is 0. The van der Waals surface area contributed by atoms with Gasteiger partial charge in [-0.15, -0.1) is 0 Å². The van der Waals surface area contributed by atoms with Crippen LogP contribution in [0.25, 0.3) is 0 Å². The molecule has 1 aromatic rings. The summed E-state index contributed by atoms with van der Waals surface area (Å²) in [6, 6.07) is 4.39. The second kappa shape index (κ2) is 5.31. The Morgan fingerprint density at radius 2 is 2.15 bits per heavy atom. The molecule has 3 N–H and O–H groups in total. The molecule has 2 heterocycles. The fourth-order valence-corrected chi connectivity index (χ4v) is 3.68. The van der Waals surface area contributed by atoms with E-state index in [1.807, 2.05) is 19.1 Å². The van der Waals surface area contributed by atoms with Crippen LogP contribution in [0, 0.1) is 12.8 Å². The summed E-state index contributed by atoms with van der Waals surface area (Å²) in [5.74, 6) is 1.81. The van der Waals surface area contributed by atoms with Crippen molar-refractivity contribution in [1.29, 1.82) is 0 Å². The molecule has 2 unspecified atom stereocenters. The number of fused-ring (bicyclic) bond motifs is 1. The number of amidine groups is 1. The van der Waals surface area contributed by atoms with E-state index in [0.717, 1.165) is 29.5 Å². The molecule has 2 atom stereocenters. The van der Waals surface area contributed by atoms with Crippen LogP contribution in [0.1, 0.15) is 43.4 Å². The van der Waals surface area contributed by atoms with Gasteiger partial charge in [-0.1, -0.05) is 18.0 Å². The maximum Gasteiger partial charge on any atom is 0.173 e. The van der Waals surface area contributed by atoms with E-state index in [-0.39, 0.29) is 5.84 Å². The Labute approximate surface area is 119 Å². The predicted octanol–water partition coefficient (Wildman–Crippen LogP) is 2.25. The first-order chi connectivity index (χ1) is 9.70. The van der Waals surface area contributed by atoms with E-state index >= 15 is 0 Å². The van der Waals surface area contributed by atoms with E-state index in [0.29, 0.717) is 6.04 Å². The molecular weight excluding hydrogens is 252 g/mol. The third-order valence-electron chi connectivity index (χ3n) is 4.68. The van der Waals surface area contributed by atoms with E-state index in [1.165, 1.54) is 32.1 Å². The normalized spacial score (nSPS) is 26.6. The highest BCUT2D eigenvalue weighted by molar-refractivity contribution is 6.01. The fourth-order valence-electron chi connectivity index (χ4n) is 3.68. The molecule has 2 aliphatic rings. The highest BCUT2D eigenvalue weighted by atomic mass is 16.4. The third kappa shape index (κ3) is 2.21. The van der Waals surface area contributed by atoms with Crippen molar-refractivity contribution in [3.8, 4) is 0 Å². The molecule has 0 spiro atoms. The van der Waals surface area contributed by atoms with E-state index in [1.54, 1.807) is 0 Å². The van der Waals surface area contributed by atoms with E-state index in [4.69, 9.17) is 10.9 Å². The lowest BCUT2D eigenvalue weighted by Crippen LogP contribution is -2.36. The molecular formula is C15H22N4O. The first-order valence-electron chi connectivity index (χ1n) is 7.43. The van der Waals surface area contributed by atoms with Gasteiger partial charge in [0, 0.05) is 18.3 Å². The number of nitrogens with two attached hydrogens (primary N) is 1. The molecule has 5 heteroatoms. The van der Waals surface area contributed by atoms with Gasteiger partial charge in [0.15, 0.2) is 5.84 Å². The lowest BCUT2D eigenvalue weighted by Gasteiger charge is -2.33. The topological polar surface area (TPSA) is 74.7 Å². The second-order valence-electron chi connectivity index (χ2n) is 5.90. The Hall–Kier alpha value is -1.78. The first-order valence-corrected chi connectivity index (χ1v) is 7.43. The van der Waals surface area contributed by atoms with Crippen molar-refractivity contribution in [3.05, 3.63) is 23.4 Å². The Kier molecular flexibility index (Phi) is 3.51. The van der Waals surface area contributed by atoms with Crippen molar-refractivity contribution in [2.24, 2.45) is 16.8 Å². The van der Waals surface area contributed by atoms with Crippen molar-refractivity contribution in [2.75, 3.05) is 11.4 Å². The Bertz CT molecular complexity index is 529. The maximum absolute atomic E-state index is 8.97. The summed E-state index contributed by atoms with van der Waals surface area (Å²) in [6.07, 6.45) is 6.43. The van der Waals surface area contributed by atoms with Crippen LogP contribution in [0.5, 0.6) is 0 Å². The summed E-state index contributed by atoms with van der Waals surface area (Å²) < 4.78 is 0. The average Bonchev–Trinajstić information content (AvgIpc) is 2.90. The minimum atomic E-state index is 0.145. The van der Waals surface area contributed by atoms with Crippen LogP contribution in [-0.2, 0) is 0 Å². The molecule has 0 radical (unpaired) electrons. The van der Waals surface area contributed by atoms with Crippen LogP contribution >= 0.6 is 0 Å². The molecule has 1 aliphatic carbocycles. The second-order valence-corrected chi connectivity index (χ2v) is 5.90. The molecule has 2 fully saturated rings. The van der Waals surface area contributed by atoms with Gasteiger partial charge in [0.05, 0.1) is 5.56 Å². The Morgan fingerprint density at radius 3 is 2.95 bits per heavy atom. The lowest BCUT2D eigenvalue weighted by molar-refractivity contribution is 0.318. The molecule has 1 aromatic heterocycles. The summed E-state index contributed by atoms with van der Waals surface area (Å²) in [4.78, 5) is 7.05. The molecule has 3 rings (SSSR count). The van der Waals surface area contributed by atoms with Crippen LogP contribution in [0.4, 0.5) is 5.82 Å². The molecule has 0 aromatic carbocycles. The predicted molar refractivity (Wildman–Crippen MR) is 79.2 cm³/mol. The fraction of sp³-hybridized carbons (Fsp3) is 0.600. The summed E-state index contributed by atoms with van der Waals surface area (Å²) in [7, 11) is 0. The number of pyridine rings is 1. The number of anilines is 1. The van der Waals surface area contributed by atoms with Crippen LogP contribution in [-0.4, -0.2) is 28.6 Å². The van der Waals surface area contributed by atoms with Gasteiger partial charge >= 0.3 is 0 Å². The molecule has 1 saturated heterocycles. The molecule has 0 bridgehead atoms. The van der Waals surface area contributed by atoms with Crippen molar-refractivity contribution >= 4 is 11.7 Å². The van der Waals surface area contributed by atoms with Crippen molar-refractivity contribution in [1.82, 2.24) is 4.98 Å². The number of aryl methyl sites for hydroxylation is 1. The zero-order valence-corrected chi connectivity index (χ0v) is 11.9. The first kappa shape index (κ1) is 13.2. The quantitative estimate of drug-likeness (QED) is 0.375. The lowest BCUT2D eigenvalue weighted by atomic mass is 9.85. The molecule has 1 saturated carbocycles. The van der Waals surface area contributed by atoms with Crippen LogP contribution < -0.4 is 10.6 Å².